The van der Waals surface area contributed by atoms with Crippen molar-refractivity contribution in [2.45, 2.75) is 18.3 Å². The number of rotatable bonds is 4. The fourth-order valence-electron chi connectivity index (χ4n) is 3.98. The summed E-state index contributed by atoms with van der Waals surface area (Å²) >= 11 is 0. The molecule has 0 radical (unpaired) electrons. The Morgan fingerprint density at radius 2 is 2.07 bits per heavy atom. The molecule has 2 aliphatic heterocycles. The Morgan fingerprint density at radius 3 is 2.85 bits per heavy atom. The summed E-state index contributed by atoms with van der Waals surface area (Å²) in [6, 6.07) is 15.5. The Bertz CT molecular complexity index is 868. The maximum atomic E-state index is 12.7. The minimum atomic E-state index is -0.680. The van der Waals surface area contributed by atoms with Gasteiger partial charge < -0.3 is 20.3 Å². The van der Waals surface area contributed by atoms with Crippen LogP contribution in [0.4, 0.5) is 10.5 Å². The minimum absolute atomic E-state index is 0.0367. The van der Waals surface area contributed by atoms with Crippen LogP contribution in [0.3, 0.4) is 0 Å². The van der Waals surface area contributed by atoms with Crippen LogP contribution < -0.4 is 15.4 Å². The first kappa shape index (κ1) is 17.4. The topological polar surface area (TPSA) is 70.7 Å². The standard InChI is InChI=1S/C21H23N3O3/c1-27-16-7-8-18-17(13-16)21(19(25)23-18)10-12-24(14-21)20(26)22-11-9-15-5-3-2-4-6-15/h2-8,13H,9-12,14H2,1H3,(H,22,26)(H,23,25). The lowest BCUT2D eigenvalue weighted by Crippen LogP contribution is -2.43. The minimum Gasteiger partial charge on any atom is -0.497 e. The first-order valence-electron chi connectivity index (χ1n) is 9.19. The van der Waals surface area contributed by atoms with E-state index in [9.17, 15) is 9.59 Å². The molecule has 1 spiro atoms. The van der Waals surface area contributed by atoms with Gasteiger partial charge in [0, 0.05) is 25.3 Å². The summed E-state index contributed by atoms with van der Waals surface area (Å²) in [5.41, 5.74) is 2.24. The number of carbonyl (C=O) groups excluding carboxylic acids is 2. The third kappa shape index (κ3) is 3.12. The average Bonchev–Trinajstić information content (AvgIpc) is 3.26. The van der Waals surface area contributed by atoms with Gasteiger partial charge in [-0.3, -0.25) is 4.79 Å². The van der Waals surface area contributed by atoms with Crippen LogP contribution in [0.2, 0.25) is 0 Å². The van der Waals surface area contributed by atoms with E-state index in [1.165, 1.54) is 5.56 Å². The Balaban J connectivity index is 1.42. The van der Waals surface area contributed by atoms with Crippen molar-refractivity contribution in [1.82, 2.24) is 10.2 Å². The van der Waals surface area contributed by atoms with Crippen LogP contribution in [-0.2, 0) is 16.6 Å². The Labute approximate surface area is 158 Å². The molecule has 1 fully saturated rings. The number of carbonyl (C=O) groups is 2. The highest BCUT2D eigenvalue weighted by molar-refractivity contribution is 6.07. The molecule has 2 N–H and O–H groups in total. The second kappa shape index (κ2) is 6.95. The highest BCUT2D eigenvalue weighted by Gasteiger charge is 2.52. The summed E-state index contributed by atoms with van der Waals surface area (Å²) in [6.45, 7) is 1.51. The Hall–Kier alpha value is -3.02. The number of ether oxygens (including phenoxy) is 1. The van der Waals surface area contributed by atoms with Gasteiger partial charge in [0.15, 0.2) is 0 Å². The van der Waals surface area contributed by atoms with Gasteiger partial charge >= 0.3 is 6.03 Å². The predicted octanol–water partition coefficient (Wildman–Crippen LogP) is 2.54. The highest BCUT2D eigenvalue weighted by Crippen LogP contribution is 2.45. The molecular formula is C21H23N3O3. The van der Waals surface area contributed by atoms with E-state index in [4.69, 9.17) is 4.74 Å². The van der Waals surface area contributed by atoms with Crippen LogP contribution in [0.15, 0.2) is 48.5 Å². The number of hydrogen-bond acceptors (Lipinski definition) is 3. The molecule has 27 heavy (non-hydrogen) atoms. The molecule has 0 aliphatic carbocycles. The number of urea groups is 1. The largest absolute Gasteiger partial charge is 0.497 e. The third-order valence-corrected chi connectivity index (χ3v) is 5.51. The van der Waals surface area contributed by atoms with Crippen molar-refractivity contribution in [2.75, 3.05) is 32.1 Å². The van der Waals surface area contributed by atoms with Crippen molar-refractivity contribution >= 4 is 17.6 Å². The number of nitrogens with one attached hydrogen (secondary N) is 2. The van der Waals surface area contributed by atoms with Crippen molar-refractivity contribution in [3.05, 3.63) is 59.7 Å². The molecule has 2 aromatic carbocycles. The highest BCUT2D eigenvalue weighted by atomic mass is 16.5. The number of methoxy groups -OCH3 is 1. The number of hydrogen-bond donors (Lipinski definition) is 2. The molecule has 6 nitrogen and oxygen atoms in total. The predicted molar refractivity (Wildman–Crippen MR) is 103 cm³/mol. The smallest absolute Gasteiger partial charge is 0.317 e. The van der Waals surface area contributed by atoms with Gasteiger partial charge in [0.05, 0.1) is 12.5 Å². The molecule has 0 bridgehead atoms. The number of likely N-dealkylation sites (tertiary alicyclic amines) is 1. The molecule has 2 aromatic rings. The molecule has 2 aliphatic rings. The molecule has 1 saturated heterocycles. The van der Waals surface area contributed by atoms with E-state index in [0.717, 1.165) is 23.4 Å². The molecule has 2 heterocycles. The van der Waals surface area contributed by atoms with Crippen molar-refractivity contribution in [2.24, 2.45) is 0 Å². The summed E-state index contributed by atoms with van der Waals surface area (Å²) in [5.74, 6) is 0.681. The number of fused-ring (bicyclic) bond motifs is 2. The summed E-state index contributed by atoms with van der Waals surface area (Å²) in [6.07, 6.45) is 1.40. The molecule has 4 rings (SSSR count). The van der Waals surface area contributed by atoms with E-state index in [1.54, 1.807) is 12.0 Å². The fraction of sp³-hybridized carbons (Fsp3) is 0.333. The molecule has 1 atom stereocenters. The number of amides is 3. The van der Waals surface area contributed by atoms with Gasteiger partial charge in [0.1, 0.15) is 5.75 Å². The zero-order valence-corrected chi connectivity index (χ0v) is 15.3. The van der Waals surface area contributed by atoms with Crippen LogP contribution in [0.25, 0.3) is 0 Å². The molecular weight excluding hydrogens is 342 g/mol. The van der Waals surface area contributed by atoms with E-state index in [-0.39, 0.29) is 11.9 Å². The van der Waals surface area contributed by atoms with Gasteiger partial charge in [-0.25, -0.2) is 4.79 Å². The normalized spacial score (nSPS) is 20.5. The van der Waals surface area contributed by atoms with Gasteiger partial charge in [0.2, 0.25) is 5.91 Å². The Morgan fingerprint density at radius 1 is 1.26 bits per heavy atom. The van der Waals surface area contributed by atoms with Gasteiger partial charge in [0.25, 0.3) is 0 Å². The third-order valence-electron chi connectivity index (χ3n) is 5.51. The first-order chi connectivity index (χ1) is 13.1. The maximum absolute atomic E-state index is 12.7. The number of anilines is 1. The maximum Gasteiger partial charge on any atom is 0.317 e. The second-order valence-corrected chi connectivity index (χ2v) is 7.09. The van der Waals surface area contributed by atoms with Gasteiger partial charge in [-0.05, 0) is 42.2 Å². The molecule has 6 heteroatoms. The fourth-order valence-corrected chi connectivity index (χ4v) is 3.98. The molecule has 0 aromatic heterocycles. The van der Waals surface area contributed by atoms with E-state index >= 15 is 0 Å². The van der Waals surface area contributed by atoms with E-state index < -0.39 is 5.41 Å². The van der Waals surface area contributed by atoms with Crippen LogP contribution in [-0.4, -0.2) is 43.6 Å². The van der Waals surface area contributed by atoms with E-state index in [1.807, 2.05) is 48.5 Å². The van der Waals surface area contributed by atoms with Crippen LogP contribution >= 0.6 is 0 Å². The summed E-state index contributed by atoms with van der Waals surface area (Å²) in [4.78, 5) is 27.0. The Kier molecular flexibility index (Phi) is 4.48. The number of nitrogens with zero attached hydrogens (tertiary/aromatic N) is 1. The quantitative estimate of drug-likeness (QED) is 0.875. The van der Waals surface area contributed by atoms with Crippen molar-refractivity contribution in [1.29, 1.82) is 0 Å². The average molecular weight is 365 g/mol. The lowest BCUT2D eigenvalue weighted by molar-refractivity contribution is -0.120. The van der Waals surface area contributed by atoms with Gasteiger partial charge in [-0.15, -0.1) is 0 Å². The van der Waals surface area contributed by atoms with E-state index in [2.05, 4.69) is 10.6 Å². The van der Waals surface area contributed by atoms with Crippen LogP contribution in [0, 0.1) is 0 Å². The summed E-state index contributed by atoms with van der Waals surface area (Å²) in [5, 5.41) is 5.92. The first-order valence-corrected chi connectivity index (χ1v) is 9.19. The lowest BCUT2D eigenvalue weighted by Gasteiger charge is -2.23. The van der Waals surface area contributed by atoms with Crippen molar-refractivity contribution in [3.63, 3.8) is 0 Å². The van der Waals surface area contributed by atoms with Crippen LogP contribution in [0.1, 0.15) is 17.5 Å². The zero-order chi connectivity index (χ0) is 18.9. The SMILES string of the molecule is COc1ccc2c(c1)C1(CCN(C(=O)NCCc3ccccc3)C1)C(=O)N2. The van der Waals surface area contributed by atoms with Crippen molar-refractivity contribution < 1.29 is 14.3 Å². The summed E-state index contributed by atoms with van der Waals surface area (Å²) < 4.78 is 5.31. The van der Waals surface area contributed by atoms with Gasteiger partial charge in [-0.2, -0.15) is 0 Å². The lowest BCUT2D eigenvalue weighted by atomic mass is 9.81. The van der Waals surface area contributed by atoms with Crippen LogP contribution in [0.5, 0.6) is 5.75 Å². The summed E-state index contributed by atoms with van der Waals surface area (Å²) in [7, 11) is 1.61. The zero-order valence-electron chi connectivity index (χ0n) is 15.3. The van der Waals surface area contributed by atoms with Crippen molar-refractivity contribution in [3.8, 4) is 5.75 Å². The molecule has 0 saturated carbocycles. The van der Waals surface area contributed by atoms with E-state index in [0.29, 0.717) is 26.1 Å². The molecule has 140 valence electrons. The second-order valence-electron chi connectivity index (χ2n) is 7.09. The monoisotopic (exact) mass is 365 g/mol. The van der Waals surface area contributed by atoms with Gasteiger partial charge in [-0.1, -0.05) is 30.3 Å². The molecule has 3 amide bonds. The molecule has 1 unspecified atom stereocenters. The number of benzene rings is 2.